The fourth-order valence-corrected chi connectivity index (χ4v) is 1.63. The van der Waals surface area contributed by atoms with Gasteiger partial charge in [0.25, 0.3) is 11.9 Å². The molecule has 0 aliphatic carbocycles. The molecule has 6 nitrogen and oxygen atoms in total. The lowest BCUT2D eigenvalue weighted by Crippen LogP contribution is -2.13. The summed E-state index contributed by atoms with van der Waals surface area (Å²) in [5.74, 6) is -0.174. The molecule has 1 heterocycles. The highest BCUT2D eigenvalue weighted by molar-refractivity contribution is 9.10. The summed E-state index contributed by atoms with van der Waals surface area (Å²) in [6.45, 7) is 3.47. The van der Waals surface area contributed by atoms with E-state index in [0.29, 0.717) is 10.0 Å². The second kappa shape index (κ2) is 4.88. The van der Waals surface area contributed by atoms with E-state index in [2.05, 4.69) is 43.2 Å². The minimum absolute atomic E-state index is 0.130. The summed E-state index contributed by atoms with van der Waals surface area (Å²) in [5, 5.41) is 13.7. The molecule has 7 heteroatoms. The van der Waals surface area contributed by atoms with Gasteiger partial charge in [-0.15, -0.1) is 9.90 Å². The SMILES string of the molecule is C=Cn1nnc(NC(=O)c2ccccc2Br)n1. The second-order valence-corrected chi connectivity index (χ2v) is 3.90. The molecule has 0 unspecified atom stereocenters. The molecule has 17 heavy (non-hydrogen) atoms. The summed E-state index contributed by atoms with van der Waals surface area (Å²) in [6, 6.07) is 7.07. The van der Waals surface area contributed by atoms with Crippen LogP contribution in [0.5, 0.6) is 0 Å². The molecule has 1 amide bonds. The zero-order valence-electron chi connectivity index (χ0n) is 8.67. The number of rotatable bonds is 3. The Balaban J connectivity index is 2.17. The summed E-state index contributed by atoms with van der Waals surface area (Å²) in [5.41, 5.74) is 0.502. The fourth-order valence-electron chi connectivity index (χ4n) is 1.17. The summed E-state index contributed by atoms with van der Waals surface area (Å²) >= 11 is 3.29. The van der Waals surface area contributed by atoms with Crippen molar-refractivity contribution in [3.05, 3.63) is 40.9 Å². The van der Waals surface area contributed by atoms with Gasteiger partial charge in [0.15, 0.2) is 0 Å². The number of carbonyl (C=O) groups excluding carboxylic acids is 1. The highest BCUT2D eigenvalue weighted by Crippen LogP contribution is 2.16. The van der Waals surface area contributed by atoms with Crippen LogP contribution in [-0.2, 0) is 0 Å². The second-order valence-electron chi connectivity index (χ2n) is 3.05. The average Bonchev–Trinajstić information content (AvgIpc) is 2.77. The number of nitrogens with one attached hydrogen (secondary N) is 1. The molecule has 2 aromatic rings. The molecule has 0 atom stereocenters. The number of halogens is 1. The minimum atomic E-state index is -0.305. The third-order valence-corrected chi connectivity index (χ3v) is 2.63. The summed E-state index contributed by atoms with van der Waals surface area (Å²) in [6.07, 6.45) is 1.38. The van der Waals surface area contributed by atoms with Crippen molar-refractivity contribution in [2.24, 2.45) is 0 Å². The molecule has 0 radical (unpaired) electrons. The Morgan fingerprint density at radius 3 is 2.88 bits per heavy atom. The predicted molar refractivity (Wildman–Crippen MR) is 66.3 cm³/mol. The maximum absolute atomic E-state index is 11.8. The molecule has 86 valence electrons. The topological polar surface area (TPSA) is 72.7 Å². The Hall–Kier alpha value is -2.02. The van der Waals surface area contributed by atoms with Crippen LogP contribution in [0.15, 0.2) is 35.3 Å². The van der Waals surface area contributed by atoms with Crippen molar-refractivity contribution in [2.75, 3.05) is 5.32 Å². The Labute approximate surface area is 105 Å². The van der Waals surface area contributed by atoms with Crippen molar-refractivity contribution < 1.29 is 4.79 Å². The third-order valence-electron chi connectivity index (χ3n) is 1.94. The van der Waals surface area contributed by atoms with E-state index in [1.807, 2.05) is 6.07 Å². The minimum Gasteiger partial charge on any atom is -0.288 e. The van der Waals surface area contributed by atoms with E-state index in [0.717, 1.165) is 4.80 Å². The number of hydrogen-bond donors (Lipinski definition) is 1. The number of nitrogens with zero attached hydrogens (tertiary/aromatic N) is 4. The highest BCUT2D eigenvalue weighted by atomic mass is 79.9. The van der Waals surface area contributed by atoms with Gasteiger partial charge in [0, 0.05) is 10.7 Å². The standard InChI is InChI=1S/C10H8BrN5O/c1-2-16-14-10(13-15-16)12-9(17)7-5-3-4-6-8(7)11/h2-6H,1H2,(H,12,14,17). The van der Waals surface area contributed by atoms with Gasteiger partial charge >= 0.3 is 0 Å². The van der Waals surface area contributed by atoms with Crippen LogP contribution in [0.2, 0.25) is 0 Å². The van der Waals surface area contributed by atoms with Crippen molar-refractivity contribution in [3.63, 3.8) is 0 Å². The quantitative estimate of drug-likeness (QED) is 0.936. The smallest absolute Gasteiger partial charge is 0.270 e. The van der Waals surface area contributed by atoms with Gasteiger partial charge in [-0.3, -0.25) is 10.1 Å². The molecule has 0 spiro atoms. The molecule has 0 aliphatic heterocycles. The maximum Gasteiger partial charge on any atom is 0.270 e. The van der Waals surface area contributed by atoms with Gasteiger partial charge in [0.05, 0.1) is 5.56 Å². The van der Waals surface area contributed by atoms with Crippen molar-refractivity contribution in [3.8, 4) is 0 Å². The molecule has 0 saturated carbocycles. The van der Waals surface area contributed by atoms with Crippen LogP contribution in [0.3, 0.4) is 0 Å². The van der Waals surface area contributed by atoms with Gasteiger partial charge in [0.2, 0.25) is 0 Å². The van der Waals surface area contributed by atoms with Crippen LogP contribution in [0.25, 0.3) is 6.20 Å². The molecule has 0 aliphatic rings. The average molecular weight is 294 g/mol. The molecule has 0 fully saturated rings. The summed E-state index contributed by atoms with van der Waals surface area (Å²) < 4.78 is 0.702. The Kier molecular flexibility index (Phi) is 3.29. The first kappa shape index (κ1) is 11.5. The van der Waals surface area contributed by atoms with E-state index in [1.54, 1.807) is 18.2 Å². The van der Waals surface area contributed by atoms with E-state index >= 15 is 0 Å². The van der Waals surface area contributed by atoms with E-state index < -0.39 is 0 Å². The van der Waals surface area contributed by atoms with Crippen molar-refractivity contribution >= 4 is 34.0 Å². The van der Waals surface area contributed by atoms with Crippen LogP contribution in [0.1, 0.15) is 10.4 Å². The lowest BCUT2D eigenvalue weighted by Gasteiger charge is -2.02. The number of hydrogen-bond acceptors (Lipinski definition) is 4. The summed E-state index contributed by atoms with van der Waals surface area (Å²) in [4.78, 5) is 13.0. The fraction of sp³-hybridized carbons (Fsp3) is 0. The lowest BCUT2D eigenvalue weighted by molar-refractivity contribution is 0.102. The number of carbonyl (C=O) groups is 1. The first-order valence-electron chi connectivity index (χ1n) is 4.68. The van der Waals surface area contributed by atoms with Crippen LogP contribution >= 0.6 is 15.9 Å². The summed E-state index contributed by atoms with van der Waals surface area (Å²) in [7, 11) is 0. The van der Waals surface area contributed by atoms with Crippen molar-refractivity contribution in [2.45, 2.75) is 0 Å². The first-order chi connectivity index (χ1) is 8.20. The molecule has 1 aromatic heterocycles. The van der Waals surface area contributed by atoms with Crippen molar-refractivity contribution in [1.29, 1.82) is 0 Å². The van der Waals surface area contributed by atoms with Gasteiger partial charge in [0.1, 0.15) is 0 Å². The molecule has 1 N–H and O–H groups in total. The Bertz CT molecular complexity index is 565. The number of amides is 1. The van der Waals surface area contributed by atoms with E-state index in [9.17, 15) is 4.79 Å². The van der Waals surface area contributed by atoms with E-state index in [4.69, 9.17) is 0 Å². The van der Waals surface area contributed by atoms with Gasteiger partial charge in [-0.25, -0.2) is 0 Å². The van der Waals surface area contributed by atoms with Crippen LogP contribution in [0.4, 0.5) is 5.95 Å². The van der Waals surface area contributed by atoms with Gasteiger partial charge < -0.3 is 0 Å². The van der Waals surface area contributed by atoms with Crippen molar-refractivity contribution in [1.82, 2.24) is 20.2 Å². The molecule has 0 saturated heterocycles. The first-order valence-corrected chi connectivity index (χ1v) is 5.48. The monoisotopic (exact) mass is 293 g/mol. The molecule has 2 rings (SSSR count). The van der Waals surface area contributed by atoms with E-state index in [-0.39, 0.29) is 11.9 Å². The zero-order valence-corrected chi connectivity index (χ0v) is 10.3. The Morgan fingerprint density at radius 2 is 2.24 bits per heavy atom. The maximum atomic E-state index is 11.8. The number of aromatic nitrogens is 4. The molecule has 0 bridgehead atoms. The van der Waals surface area contributed by atoms with Gasteiger partial charge in [-0.2, -0.15) is 0 Å². The molecular formula is C10H8BrN5O. The largest absolute Gasteiger partial charge is 0.288 e. The van der Waals surface area contributed by atoms with Crippen LogP contribution in [0, 0.1) is 0 Å². The highest BCUT2D eigenvalue weighted by Gasteiger charge is 2.11. The third kappa shape index (κ3) is 2.56. The number of anilines is 1. The van der Waals surface area contributed by atoms with Crippen LogP contribution < -0.4 is 5.32 Å². The van der Waals surface area contributed by atoms with Crippen LogP contribution in [-0.4, -0.2) is 26.1 Å². The molecular weight excluding hydrogens is 286 g/mol. The number of tetrazole rings is 1. The molecule has 1 aromatic carbocycles. The number of benzene rings is 1. The normalized spacial score (nSPS) is 9.94. The predicted octanol–water partition coefficient (Wildman–Crippen LogP) is 1.79. The Morgan fingerprint density at radius 1 is 1.47 bits per heavy atom. The van der Waals surface area contributed by atoms with Gasteiger partial charge in [-0.05, 0) is 33.3 Å². The van der Waals surface area contributed by atoms with E-state index in [1.165, 1.54) is 6.20 Å². The zero-order chi connectivity index (χ0) is 12.3. The lowest BCUT2D eigenvalue weighted by atomic mass is 10.2. The van der Waals surface area contributed by atoms with Gasteiger partial charge in [-0.1, -0.05) is 23.8 Å².